The summed E-state index contributed by atoms with van der Waals surface area (Å²) < 4.78 is 2.28. The zero-order valence-corrected chi connectivity index (χ0v) is 11.0. The molecule has 3 rings (SSSR count). The summed E-state index contributed by atoms with van der Waals surface area (Å²) in [5.74, 6) is 3.50. The predicted molar refractivity (Wildman–Crippen MR) is 69.2 cm³/mol. The Kier molecular flexibility index (Phi) is 3.64. The van der Waals surface area contributed by atoms with Gasteiger partial charge in [0.1, 0.15) is 11.6 Å². The van der Waals surface area contributed by atoms with E-state index in [2.05, 4.69) is 14.8 Å². The molecule has 100 valence electrons. The normalized spacial score (nSPS) is 25.1. The lowest BCUT2D eigenvalue weighted by Crippen LogP contribution is -2.25. The van der Waals surface area contributed by atoms with Crippen molar-refractivity contribution in [2.75, 3.05) is 6.61 Å². The molecule has 1 aliphatic carbocycles. The summed E-state index contributed by atoms with van der Waals surface area (Å²) in [5, 5.41) is 18.0. The Morgan fingerprint density at radius 3 is 2.67 bits per heavy atom. The minimum absolute atomic E-state index is 0.292. The molecule has 1 N–H and O–H groups in total. The van der Waals surface area contributed by atoms with Crippen molar-refractivity contribution in [1.29, 1.82) is 0 Å². The molecule has 0 aromatic carbocycles. The Morgan fingerprint density at radius 1 is 1.06 bits per heavy atom. The predicted octanol–water partition coefficient (Wildman–Crippen LogP) is 1.96. The lowest BCUT2D eigenvalue weighted by Gasteiger charge is -2.25. The lowest BCUT2D eigenvalue weighted by atomic mass is 9.86. The molecule has 1 saturated carbocycles. The van der Waals surface area contributed by atoms with E-state index in [4.69, 9.17) is 0 Å². The standard InChI is InChI=1S/C14H23N3O/c18-10-12-6-7-13-15-16-14(17(13)9-12)8-11-4-2-1-3-5-11/h11-12,18H,1-10H2. The highest BCUT2D eigenvalue weighted by Gasteiger charge is 2.24. The van der Waals surface area contributed by atoms with E-state index in [1.54, 1.807) is 0 Å². The third-order valence-electron chi connectivity index (χ3n) is 4.58. The number of fused-ring (bicyclic) bond motifs is 1. The van der Waals surface area contributed by atoms with Crippen LogP contribution >= 0.6 is 0 Å². The number of hydrogen-bond acceptors (Lipinski definition) is 3. The van der Waals surface area contributed by atoms with E-state index in [9.17, 15) is 5.11 Å². The van der Waals surface area contributed by atoms with Crippen LogP contribution in [0.4, 0.5) is 0 Å². The number of aliphatic hydroxyl groups excluding tert-OH is 1. The van der Waals surface area contributed by atoms with Gasteiger partial charge in [0.15, 0.2) is 0 Å². The van der Waals surface area contributed by atoms with Gasteiger partial charge >= 0.3 is 0 Å². The van der Waals surface area contributed by atoms with Crippen molar-refractivity contribution in [3.63, 3.8) is 0 Å². The second-order valence-corrected chi connectivity index (χ2v) is 5.94. The van der Waals surface area contributed by atoms with Gasteiger partial charge in [-0.1, -0.05) is 32.1 Å². The first-order valence-corrected chi connectivity index (χ1v) is 7.38. The quantitative estimate of drug-likeness (QED) is 0.891. The van der Waals surface area contributed by atoms with Gasteiger partial charge in [-0.25, -0.2) is 0 Å². The topological polar surface area (TPSA) is 50.9 Å². The third kappa shape index (κ3) is 2.44. The average Bonchev–Trinajstić information content (AvgIpc) is 2.82. The van der Waals surface area contributed by atoms with Crippen molar-refractivity contribution in [1.82, 2.24) is 14.8 Å². The van der Waals surface area contributed by atoms with Crippen molar-refractivity contribution in [3.8, 4) is 0 Å². The molecule has 2 aliphatic rings. The monoisotopic (exact) mass is 249 g/mol. The lowest BCUT2D eigenvalue weighted by molar-refractivity contribution is 0.188. The zero-order chi connectivity index (χ0) is 12.4. The second-order valence-electron chi connectivity index (χ2n) is 5.94. The molecule has 1 fully saturated rings. The highest BCUT2D eigenvalue weighted by molar-refractivity contribution is 5.01. The highest BCUT2D eigenvalue weighted by Crippen LogP contribution is 2.28. The van der Waals surface area contributed by atoms with Gasteiger partial charge < -0.3 is 9.67 Å². The largest absolute Gasteiger partial charge is 0.396 e. The maximum Gasteiger partial charge on any atom is 0.133 e. The van der Waals surface area contributed by atoms with Crippen molar-refractivity contribution in [2.24, 2.45) is 11.8 Å². The fourth-order valence-corrected chi connectivity index (χ4v) is 3.40. The highest BCUT2D eigenvalue weighted by atomic mass is 16.3. The molecule has 1 atom stereocenters. The van der Waals surface area contributed by atoms with E-state index in [0.29, 0.717) is 12.5 Å². The van der Waals surface area contributed by atoms with Gasteiger partial charge in [0, 0.05) is 31.9 Å². The maximum atomic E-state index is 9.31. The van der Waals surface area contributed by atoms with Crippen molar-refractivity contribution >= 4 is 0 Å². The Morgan fingerprint density at radius 2 is 1.89 bits per heavy atom. The van der Waals surface area contributed by atoms with Crippen molar-refractivity contribution in [3.05, 3.63) is 11.6 Å². The van der Waals surface area contributed by atoms with Gasteiger partial charge in [-0.3, -0.25) is 0 Å². The van der Waals surface area contributed by atoms with Gasteiger partial charge in [-0.15, -0.1) is 10.2 Å². The summed E-state index contributed by atoms with van der Waals surface area (Å²) in [6.07, 6.45) is 9.99. The van der Waals surface area contributed by atoms with E-state index < -0.39 is 0 Å². The SMILES string of the molecule is OCC1CCc2nnc(CC3CCCCC3)n2C1. The summed E-state index contributed by atoms with van der Waals surface area (Å²) >= 11 is 0. The average molecular weight is 249 g/mol. The zero-order valence-electron chi connectivity index (χ0n) is 11.0. The fourth-order valence-electron chi connectivity index (χ4n) is 3.40. The maximum absolute atomic E-state index is 9.31. The van der Waals surface area contributed by atoms with Crippen molar-refractivity contribution < 1.29 is 5.11 Å². The van der Waals surface area contributed by atoms with Crippen LogP contribution in [0.5, 0.6) is 0 Å². The van der Waals surface area contributed by atoms with Crippen LogP contribution in [-0.2, 0) is 19.4 Å². The molecule has 18 heavy (non-hydrogen) atoms. The molecule has 0 radical (unpaired) electrons. The molecule has 1 aliphatic heterocycles. The Hall–Kier alpha value is -0.900. The van der Waals surface area contributed by atoms with Crippen LogP contribution in [0.3, 0.4) is 0 Å². The third-order valence-corrected chi connectivity index (χ3v) is 4.58. The molecule has 0 amide bonds. The van der Waals surface area contributed by atoms with Crippen molar-refractivity contribution in [2.45, 2.75) is 57.9 Å². The van der Waals surface area contributed by atoms with E-state index in [1.165, 1.54) is 32.1 Å². The Labute approximate surface area is 108 Å². The molecule has 0 saturated heterocycles. The second kappa shape index (κ2) is 5.39. The minimum atomic E-state index is 0.292. The molecule has 0 spiro atoms. The smallest absolute Gasteiger partial charge is 0.133 e. The van der Waals surface area contributed by atoms with Crippen LogP contribution in [0.1, 0.15) is 50.2 Å². The summed E-state index contributed by atoms with van der Waals surface area (Å²) in [6, 6.07) is 0. The first-order chi connectivity index (χ1) is 8.86. The molecular formula is C14H23N3O. The van der Waals surface area contributed by atoms with Crippen LogP contribution < -0.4 is 0 Å². The van der Waals surface area contributed by atoms with Crippen LogP contribution in [0, 0.1) is 11.8 Å². The molecule has 0 bridgehead atoms. The van der Waals surface area contributed by atoms with Crippen LogP contribution in [0.15, 0.2) is 0 Å². The van der Waals surface area contributed by atoms with E-state index in [0.717, 1.165) is 43.4 Å². The molecule has 4 heteroatoms. The molecule has 1 aromatic rings. The van der Waals surface area contributed by atoms with Crippen LogP contribution in [0.2, 0.25) is 0 Å². The van der Waals surface area contributed by atoms with E-state index >= 15 is 0 Å². The van der Waals surface area contributed by atoms with Gasteiger partial charge in [0.05, 0.1) is 0 Å². The van der Waals surface area contributed by atoms with Gasteiger partial charge in [0.25, 0.3) is 0 Å². The number of aromatic nitrogens is 3. The molecule has 2 heterocycles. The number of nitrogens with zero attached hydrogens (tertiary/aromatic N) is 3. The first-order valence-electron chi connectivity index (χ1n) is 7.38. The van der Waals surface area contributed by atoms with Gasteiger partial charge in [0.2, 0.25) is 0 Å². The number of hydrogen-bond donors (Lipinski definition) is 1. The Balaban J connectivity index is 1.71. The minimum Gasteiger partial charge on any atom is -0.396 e. The van der Waals surface area contributed by atoms with E-state index in [-0.39, 0.29) is 0 Å². The summed E-state index contributed by atoms with van der Waals surface area (Å²) in [5.41, 5.74) is 0. The Bertz CT molecular complexity index is 396. The number of aryl methyl sites for hydroxylation is 1. The molecule has 1 unspecified atom stereocenters. The molecular weight excluding hydrogens is 226 g/mol. The first kappa shape index (κ1) is 12.2. The van der Waals surface area contributed by atoms with Crippen LogP contribution in [-0.4, -0.2) is 26.5 Å². The van der Waals surface area contributed by atoms with Crippen LogP contribution in [0.25, 0.3) is 0 Å². The molecule has 1 aromatic heterocycles. The van der Waals surface area contributed by atoms with Gasteiger partial charge in [-0.2, -0.15) is 0 Å². The molecule has 4 nitrogen and oxygen atoms in total. The fraction of sp³-hybridized carbons (Fsp3) is 0.857. The number of aliphatic hydroxyl groups is 1. The van der Waals surface area contributed by atoms with E-state index in [1.807, 2.05) is 0 Å². The summed E-state index contributed by atoms with van der Waals surface area (Å²) in [7, 11) is 0. The number of rotatable bonds is 3. The summed E-state index contributed by atoms with van der Waals surface area (Å²) in [4.78, 5) is 0. The van der Waals surface area contributed by atoms with Gasteiger partial charge in [-0.05, 0) is 12.3 Å². The summed E-state index contributed by atoms with van der Waals surface area (Å²) in [6.45, 7) is 1.21.